The van der Waals surface area contributed by atoms with Crippen LogP contribution in [-0.4, -0.2) is 19.7 Å². The van der Waals surface area contributed by atoms with Crippen LogP contribution in [0, 0.1) is 0 Å². The van der Waals surface area contributed by atoms with Crippen molar-refractivity contribution in [2.24, 2.45) is 7.05 Å². The zero-order chi connectivity index (χ0) is 11.0. The maximum Gasteiger partial charge on any atom is 0.137 e. The van der Waals surface area contributed by atoms with Gasteiger partial charge in [0, 0.05) is 30.6 Å². The normalized spacial score (nSPS) is 11.1. The van der Waals surface area contributed by atoms with Gasteiger partial charge >= 0.3 is 0 Å². The lowest BCUT2D eigenvalue weighted by Gasteiger charge is -1.98. The molecular formula is C12H12N4. The molecule has 80 valence electrons. The minimum Gasteiger partial charge on any atom is -0.361 e. The SMILES string of the molecule is Cn1cnnc1Cc1c[nH]c2ccccc12. The molecule has 0 spiro atoms. The van der Waals surface area contributed by atoms with E-state index in [1.54, 1.807) is 6.33 Å². The molecule has 0 aliphatic rings. The van der Waals surface area contributed by atoms with Gasteiger partial charge in [-0.05, 0) is 11.6 Å². The van der Waals surface area contributed by atoms with E-state index in [4.69, 9.17) is 0 Å². The van der Waals surface area contributed by atoms with Gasteiger partial charge in [0.2, 0.25) is 0 Å². The van der Waals surface area contributed by atoms with Crippen molar-refractivity contribution in [3.8, 4) is 0 Å². The highest BCUT2D eigenvalue weighted by atomic mass is 15.2. The fourth-order valence-electron chi connectivity index (χ4n) is 1.92. The first-order valence-corrected chi connectivity index (χ1v) is 5.22. The van der Waals surface area contributed by atoms with Crippen LogP contribution in [0.3, 0.4) is 0 Å². The number of aryl methyl sites for hydroxylation is 1. The van der Waals surface area contributed by atoms with Gasteiger partial charge < -0.3 is 9.55 Å². The van der Waals surface area contributed by atoms with Crippen LogP contribution in [-0.2, 0) is 13.5 Å². The van der Waals surface area contributed by atoms with Gasteiger partial charge in [-0.2, -0.15) is 0 Å². The topological polar surface area (TPSA) is 46.5 Å². The first kappa shape index (κ1) is 9.15. The lowest BCUT2D eigenvalue weighted by Crippen LogP contribution is -1.97. The lowest BCUT2D eigenvalue weighted by atomic mass is 10.1. The Kier molecular flexibility index (Phi) is 1.99. The van der Waals surface area contributed by atoms with Crippen molar-refractivity contribution in [2.75, 3.05) is 0 Å². The van der Waals surface area contributed by atoms with Crippen molar-refractivity contribution in [1.82, 2.24) is 19.7 Å². The zero-order valence-electron chi connectivity index (χ0n) is 9.01. The number of rotatable bonds is 2. The molecule has 0 radical (unpaired) electrons. The number of fused-ring (bicyclic) bond motifs is 1. The first-order valence-electron chi connectivity index (χ1n) is 5.22. The summed E-state index contributed by atoms with van der Waals surface area (Å²) in [6.45, 7) is 0. The van der Waals surface area contributed by atoms with E-state index in [0.29, 0.717) is 0 Å². The Morgan fingerprint density at radius 2 is 2.19 bits per heavy atom. The third kappa shape index (κ3) is 1.39. The number of nitrogens with zero attached hydrogens (tertiary/aromatic N) is 3. The van der Waals surface area contributed by atoms with Crippen LogP contribution in [0.4, 0.5) is 0 Å². The van der Waals surface area contributed by atoms with Gasteiger partial charge in [0.1, 0.15) is 12.2 Å². The smallest absolute Gasteiger partial charge is 0.137 e. The van der Waals surface area contributed by atoms with Crippen molar-refractivity contribution in [3.63, 3.8) is 0 Å². The van der Waals surface area contributed by atoms with E-state index in [2.05, 4.69) is 33.4 Å². The number of para-hydroxylation sites is 1. The number of aromatic nitrogens is 4. The molecule has 0 saturated carbocycles. The molecule has 3 aromatic rings. The van der Waals surface area contributed by atoms with Crippen LogP contribution in [0.2, 0.25) is 0 Å². The highest BCUT2D eigenvalue weighted by Crippen LogP contribution is 2.19. The fourth-order valence-corrected chi connectivity index (χ4v) is 1.92. The highest BCUT2D eigenvalue weighted by molar-refractivity contribution is 5.83. The molecule has 4 nitrogen and oxygen atoms in total. The maximum atomic E-state index is 4.10. The summed E-state index contributed by atoms with van der Waals surface area (Å²) in [6.07, 6.45) is 4.57. The summed E-state index contributed by atoms with van der Waals surface area (Å²) in [5.74, 6) is 0.977. The first-order chi connectivity index (χ1) is 7.84. The highest BCUT2D eigenvalue weighted by Gasteiger charge is 2.07. The number of nitrogens with one attached hydrogen (secondary N) is 1. The van der Waals surface area contributed by atoms with Gasteiger partial charge in [-0.15, -0.1) is 10.2 Å². The van der Waals surface area contributed by atoms with Gasteiger partial charge in [0.05, 0.1) is 0 Å². The largest absolute Gasteiger partial charge is 0.361 e. The monoisotopic (exact) mass is 212 g/mol. The van der Waals surface area contributed by atoms with Crippen molar-refractivity contribution in [3.05, 3.63) is 48.2 Å². The molecule has 0 saturated heterocycles. The van der Waals surface area contributed by atoms with Gasteiger partial charge in [-0.3, -0.25) is 0 Å². The second kappa shape index (κ2) is 3.48. The Balaban J connectivity index is 2.04. The average Bonchev–Trinajstić information content (AvgIpc) is 2.88. The summed E-state index contributed by atoms with van der Waals surface area (Å²) in [5, 5.41) is 9.24. The summed E-state index contributed by atoms with van der Waals surface area (Å²) in [7, 11) is 1.96. The van der Waals surface area contributed by atoms with E-state index >= 15 is 0 Å². The molecule has 1 N–H and O–H groups in total. The molecule has 0 bridgehead atoms. The third-order valence-corrected chi connectivity index (χ3v) is 2.83. The second-order valence-corrected chi connectivity index (χ2v) is 3.89. The maximum absolute atomic E-state index is 4.10. The standard InChI is InChI=1S/C12H12N4/c1-16-8-14-15-12(16)6-9-7-13-11-5-3-2-4-10(9)11/h2-5,7-8,13H,6H2,1H3. The molecule has 16 heavy (non-hydrogen) atoms. The number of aromatic amines is 1. The Hall–Kier alpha value is -2.10. The lowest BCUT2D eigenvalue weighted by molar-refractivity contribution is 0.823. The average molecular weight is 212 g/mol. The number of hydrogen-bond acceptors (Lipinski definition) is 2. The molecule has 1 aromatic carbocycles. The Morgan fingerprint density at radius 3 is 3.00 bits per heavy atom. The van der Waals surface area contributed by atoms with Crippen molar-refractivity contribution >= 4 is 10.9 Å². The van der Waals surface area contributed by atoms with Gasteiger partial charge in [0.15, 0.2) is 0 Å². The minimum absolute atomic E-state index is 0.806. The molecule has 3 rings (SSSR count). The minimum atomic E-state index is 0.806. The van der Waals surface area contributed by atoms with Crippen LogP contribution in [0.15, 0.2) is 36.8 Å². The summed E-state index contributed by atoms with van der Waals surface area (Å²) in [5.41, 5.74) is 2.42. The van der Waals surface area contributed by atoms with Gasteiger partial charge in [-0.25, -0.2) is 0 Å². The molecule has 0 atom stereocenters. The Bertz CT molecular complexity index is 621. The van der Waals surface area contributed by atoms with E-state index in [1.165, 1.54) is 16.5 Å². The summed E-state index contributed by atoms with van der Waals surface area (Å²) >= 11 is 0. The number of hydrogen-bond donors (Lipinski definition) is 1. The fraction of sp³-hybridized carbons (Fsp3) is 0.167. The van der Waals surface area contributed by atoms with Crippen LogP contribution in [0.1, 0.15) is 11.4 Å². The Labute approximate surface area is 92.9 Å². The molecule has 0 unspecified atom stereocenters. The number of benzene rings is 1. The molecule has 2 aromatic heterocycles. The molecular weight excluding hydrogens is 200 g/mol. The third-order valence-electron chi connectivity index (χ3n) is 2.83. The van der Waals surface area contributed by atoms with Crippen molar-refractivity contribution in [1.29, 1.82) is 0 Å². The van der Waals surface area contributed by atoms with Crippen molar-refractivity contribution < 1.29 is 0 Å². The molecule has 4 heteroatoms. The second-order valence-electron chi connectivity index (χ2n) is 3.89. The van der Waals surface area contributed by atoms with Crippen LogP contribution in [0.5, 0.6) is 0 Å². The summed E-state index contributed by atoms with van der Waals surface area (Å²) in [6, 6.07) is 8.29. The summed E-state index contributed by atoms with van der Waals surface area (Å²) in [4.78, 5) is 3.26. The Morgan fingerprint density at radius 1 is 1.31 bits per heavy atom. The predicted octanol–water partition coefficient (Wildman–Crippen LogP) is 1.89. The summed E-state index contributed by atoms with van der Waals surface area (Å²) < 4.78 is 1.95. The van der Waals surface area contributed by atoms with E-state index in [1.807, 2.05) is 23.9 Å². The van der Waals surface area contributed by atoms with Crippen LogP contribution < -0.4 is 0 Å². The number of H-pyrrole nitrogens is 1. The van der Waals surface area contributed by atoms with E-state index in [0.717, 1.165) is 12.2 Å². The molecule has 0 amide bonds. The molecule has 0 aliphatic carbocycles. The van der Waals surface area contributed by atoms with Crippen LogP contribution >= 0.6 is 0 Å². The molecule has 2 heterocycles. The molecule has 0 fully saturated rings. The van der Waals surface area contributed by atoms with Gasteiger partial charge in [-0.1, -0.05) is 18.2 Å². The zero-order valence-corrected chi connectivity index (χ0v) is 9.01. The van der Waals surface area contributed by atoms with E-state index in [-0.39, 0.29) is 0 Å². The molecule has 0 aliphatic heterocycles. The quantitative estimate of drug-likeness (QED) is 0.705. The predicted molar refractivity (Wildman–Crippen MR) is 62.1 cm³/mol. The van der Waals surface area contributed by atoms with E-state index < -0.39 is 0 Å². The van der Waals surface area contributed by atoms with Crippen LogP contribution in [0.25, 0.3) is 10.9 Å². The van der Waals surface area contributed by atoms with Crippen molar-refractivity contribution in [2.45, 2.75) is 6.42 Å². The van der Waals surface area contributed by atoms with Gasteiger partial charge in [0.25, 0.3) is 0 Å². The van der Waals surface area contributed by atoms with E-state index in [9.17, 15) is 0 Å².